The van der Waals surface area contributed by atoms with Crippen LogP contribution in [0.1, 0.15) is 6.42 Å². The predicted octanol–water partition coefficient (Wildman–Crippen LogP) is 3.79. The molecule has 2 fully saturated rings. The Bertz CT molecular complexity index is 1060. The lowest BCUT2D eigenvalue weighted by Crippen LogP contribution is -2.42. The highest BCUT2D eigenvalue weighted by Gasteiger charge is 2.75. The number of hydrogen-bond acceptors (Lipinski definition) is 4. The summed E-state index contributed by atoms with van der Waals surface area (Å²) in [6.07, 6.45) is -4.63. The van der Waals surface area contributed by atoms with Gasteiger partial charge in [0, 0.05) is 23.2 Å². The Hall–Kier alpha value is -2.46. The minimum atomic E-state index is -4.83. The third-order valence-electron chi connectivity index (χ3n) is 5.03. The second-order valence-corrected chi connectivity index (χ2v) is 9.39. The third-order valence-corrected chi connectivity index (χ3v) is 7.83. The standard InChI is InChI=1S/C18H14ClF3N2O4S/c19-12-1-5-14(6-2-12)24-10-11-9-17(11,29(24,26)27)16(25)23-13-3-7-15(8-4-13)28-18(20,21)22/h1-8,11H,9-10H2,(H,23,25)/t11-,17-/m0/s1. The molecule has 6 nitrogen and oxygen atoms in total. The molecule has 2 aromatic carbocycles. The second-order valence-electron chi connectivity index (χ2n) is 6.83. The monoisotopic (exact) mass is 446 g/mol. The number of anilines is 2. The van der Waals surface area contributed by atoms with Crippen molar-refractivity contribution in [2.75, 3.05) is 16.2 Å². The van der Waals surface area contributed by atoms with Gasteiger partial charge in [-0.25, -0.2) is 8.42 Å². The van der Waals surface area contributed by atoms with E-state index < -0.39 is 32.8 Å². The lowest BCUT2D eigenvalue weighted by molar-refractivity contribution is -0.274. The van der Waals surface area contributed by atoms with E-state index in [-0.39, 0.29) is 24.6 Å². The van der Waals surface area contributed by atoms with Crippen molar-refractivity contribution < 1.29 is 31.1 Å². The van der Waals surface area contributed by atoms with E-state index in [0.717, 1.165) is 12.1 Å². The van der Waals surface area contributed by atoms with E-state index in [1.807, 2.05) is 0 Å². The fourth-order valence-corrected chi connectivity index (χ4v) is 6.04. The lowest BCUT2D eigenvalue weighted by atomic mass is 10.2. The third kappa shape index (κ3) is 3.40. The molecule has 1 aliphatic heterocycles. The molecular weight excluding hydrogens is 433 g/mol. The molecule has 1 aliphatic carbocycles. The molecule has 29 heavy (non-hydrogen) atoms. The quantitative estimate of drug-likeness (QED) is 0.775. The highest BCUT2D eigenvalue weighted by molar-refractivity contribution is 7.95. The zero-order valence-electron chi connectivity index (χ0n) is 14.6. The maximum atomic E-state index is 13.1. The first kappa shape index (κ1) is 19.8. The molecular formula is C18H14ClF3N2O4S. The highest BCUT2D eigenvalue weighted by atomic mass is 35.5. The van der Waals surface area contributed by atoms with Gasteiger partial charge in [0.15, 0.2) is 4.75 Å². The van der Waals surface area contributed by atoms with Crippen LogP contribution in [0.3, 0.4) is 0 Å². The van der Waals surface area contributed by atoms with Crippen molar-refractivity contribution in [3.8, 4) is 5.75 Å². The summed E-state index contributed by atoms with van der Waals surface area (Å²) >= 11 is 5.84. The number of ether oxygens (including phenoxy) is 1. The van der Waals surface area contributed by atoms with Crippen molar-refractivity contribution in [3.63, 3.8) is 0 Å². The van der Waals surface area contributed by atoms with Gasteiger partial charge in [-0.15, -0.1) is 13.2 Å². The van der Waals surface area contributed by atoms with Crippen LogP contribution in [0.5, 0.6) is 5.75 Å². The molecule has 1 amide bonds. The molecule has 4 rings (SSSR count). The van der Waals surface area contributed by atoms with E-state index in [9.17, 15) is 26.4 Å². The summed E-state index contributed by atoms with van der Waals surface area (Å²) in [5.41, 5.74) is 0.590. The number of hydrogen-bond donors (Lipinski definition) is 1. The molecule has 0 spiro atoms. The van der Waals surface area contributed by atoms with E-state index in [4.69, 9.17) is 11.6 Å². The molecule has 2 aromatic rings. The maximum Gasteiger partial charge on any atom is 0.573 e. The zero-order valence-corrected chi connectivity index (χ0v) is 16.2. The van der Waals surface area contributed by atoms with Crippen molar-refractivity contribution in [2.24, 2.45) is 5.92 Å². The van der Waals surface area contributed by atoms with Gasteiger partial charge in [0.25, 0.3) is 0 Å². The zero-order chi connectivity index (χ0) is 21.0. The number of rotatable bonds is 4. The number of carbonyl (C=O) groups excluding carboxylic acids is 1. The van der Waals surface area contributed by atoms with Gasteiger partial charge in [0.2, 0.25) is 15.9 Å². The summed E-state index contributed by atoms with van der Waals surface area (Å²) in [5, 5.41) is 2.95. The Morgan fingerprint density at radius 2 is 1.76 bits per heavy atom. The summed E-state index contributed by atoms with van der Waals surface area (Å²) in [7, 11) is -3.97. The van der Waals surface area contributed by atoms with Crippen LogP contribution in [0.2, 0.25) is 5.02 Å². The number of sulfonamides is 1. The Balaban J connectivity index is 1.51. The highest BCUT2D eigenvalue weighted by Crippen LogP contribution is 2.58. The summed E-state index contributed by atoms with van der Waals surface area (Å²) in [4.78, 5) is 12.8. The van der Waals surface area contributed by atoms with Crippen LogP contribution < -0.4 is 14.4 Å². The van der Waals surface area contributed by atoms with Crippen molar-refractivity contribution in [2.45, 2.75) is 17.5 Å². The molecule has 0 unspecified atom stereocenters. The van der Waals surface area contributed by atoms with Gasteiger partial charge >= 0.3 is 6.36 Å². The predicted molar refractivity (Wildman–Crippen MR) is 100 cm³/mol. The number of halogens is 4. The summed E-state index contributed by atoms with van der Waals surface area (Å²) in [5.74, 6) is -1.51. The Morgan fingerprint density at radius 3 is 2.34 bits per heavy atom. The second kappa shape index (κ2) is 6.53. The molecule has 0 bridgehead atoms. The molecule has 1 heterocycles. The van der Waals surface area contributed by atoms with E-state index in [1.165, 1.54) is 16.4 Å². The minimum Gasteiger partial charge on any atom is -0.406 e. The number of fused-ring (bicyclic) bond motifs is 1. The Labute approximate surface area is 169 Å². The first-order valence-corrected chi connectivity index (χ1v) is 10.3. The average Bonchev–Trinajstić information content (AvgIpc) is 3.32. The summed E-state index contributed by atoms with van der Waals surface area (Å²) in [6.45, 7) is 0.176. The van der Waals surface area contributed by atoms with E-state index in [0.29, 0.717) is 10.7 Å². The van der Waals surface area contributed by atoms with Gasteiger partial charge < -0.3 is 10.1 Å². The van der Waals surface area contributed by atoms with E-state index in [2.05, 4.69) is 10.1 Å². The largest absolute Gasteiger partial charge is 0.573 e. The molecule has 154 valence electrons. The lowest BCUT2D eigenvalue weighted by Gasteiger charge is -2.23. The number of carbonyl (C=O) groups is 1. The van der Waals surface area contributed by atoms with Crippen molar-refractivity contribution in [3.05, 3.63) is 53.6 Å². The number of nitrogens with one attached hydrogen (secondary N) is 1. The molecule has 2 atom stereocenters. The molecule has 11 heteroatoms. The van der Waals surface area contributed by atoms with Gasteiger partial charge in [-0.3, -0.25) is 9.10 Å². The van der Waals surface area contributed by atoms with Crippen molar-refractivity contribution >= 4 is 38.9 Å². The molecule has 0 radical (unpaired) electrons. The number of nitrogens with zero attached hydrogens (tertiary/aromatic N) is 1. The van der Waals surface area contributed by atoms with Crippen LogP contribution in [0, 0.1) is 5.92 Å². The van der Waals surface area contributed by atoms with E-state index >= 15 is 0 Å². The Morgan fingerprint density at radius 1 is 1.14 bits per heavy atom. The van der Waals surface area contributed by atoms with Crippen LogP contribution in [0.4, 0.5) is 24.5 Å². The smallest absolute Gasteiger partial charge is 0.406 e. The van der Waals surface area contributed by atoms with Gasteiger partial charge in [-0.05, 0) is 55.0 Å². The molecule has 0 aromatic heterocycles. The molecule has 1 saturated heterocycles. The van der Waals surface area contributed by atoms with Crippen LogP contribution in [0.15, 0.2) is 48.5 Å². The van der Waals surface area contributed by atoms with Gasteiger partial charge in [0.1, 0.15) is 5.75 Å². The summed E-state index contributed by atoms with van der Waals surface area (Å²) in [6, 6.07) is 10.8. The SMILES string of the molecule is O=C(Nc1ccc(OC(F)(F)F)cc1)[C@]12C[C@H]1CN(c1ccc(Cl)cc1)S2(=O)=O. The van der Waals surface area contributed by atoms with Crippen molar-refractivity contribution in [1.29, 1.82) is 0 Å². The maximum absolute atomic E-state index is 13.1. The molecule has 1 saturated carbocycles. The van der Waals surface area contributed by atoms with Crippen LogP contribution >= 0.6 is 11.6 Å². The van der Waals surface area contributed by atoms with Crippen LogP contribution in [-0.2, 0) is 14.8 Å². The topological polar surface area (TPSA) is 75.7 Å². The molecule has 2 aliphatic rings. The van der Waals surface area contributed by atoms with Gasteiger partial charge in [0.05, 0.1) is 5.69 Å². The summed E-state index contributed by atoms with van der Waals surface area (Å²) < 4.78 is 66.2. The fourth-order valence-electron chi connectivity index (χ4n) is 3.55. The Kier molecular flexibility index (Phi) is 4.47. The average molecular weight is 447 g/mol. The van der Waals surface area contributed by atoms with Crippen LogP contribution in [0.25, 0.3) is 0 Å². The van der Waals surface area contributed by atoms with Gasteiger partial charge in [-0.1, -0.05) is 11.6 Å². The van der Waals surface area contributed by atoms with Crippen LogP contribution in [-0.4, -0.2) is 32.0 Å². The first-order chi connectivity index (χ1) is 13.5. The van der Waals surface area contributed by atoms with E-state index in [1.54, 1.807) is 24.3 Å². The number of benzene rings is 2. The minimum absolute atomic E-state index is 0.171. The van der Waals surface area contributed by atoms with Crippen molar-refractivity contribution in [1.82, 2.24) is 0 Å². The fraction of sp³-hybridized carbons (Fsp3) is 0.278. The normalized spacial score (nSPS) is 24.7. The van der Waals surface area contributed by atoms with Gasteiger partial charge in [-0.2, -0.15) is 0 Å². The first-order valence-electron chi connectivity index (χ1n) is 8.48. The number of alkyl halides is 3. The molecule has 1 N–H and O–H groups in total. The number of amides is 1.